The molecule has 0 aromatic carbocycles. The predicted octanol–water partition coefficient (Wildman–Crippen LogP) is 1.61. The molecule has 3 nitrogen and oxygen atoms in total. The summed E-state index contributed by atoms with van der Waals surface area (Å²) in [4.78, 5) is 2.54. The average Bonchev–Trinajstić information content (AvgIpc) is 2.16. The van der Waals surface area contributed by atoms with Gasteiger partial charge in [0.25, 0.3) is 0 Å². The minimum Gasteiger partial charge on any atom is -0.393 e. The molecule has 0 aromatic rings. The highest BCUT2D eigenvalue weighted by Gasteiger charge is 2.21. The molecule has 0 saturated carbocycles. The van der Waals surface area contributed by atoms with Crippen LogP contribution < -0.4 is 5.32 Å². The number of nitrogens with one attached hydrogen (secondary N) is 1. The van der Waals surface area contributed by atoms with Crippen molar-refractivity contribution in [3.8, 4) is 0 Å². The van der Waals surface area contributed by atoms with Crippen LogP contribution in [0.4, 0.5) is 0 Å². The monoisotopic (exact) mass is 228 g/mol. The first-order valence-corrected chi connectivity index (χ1v) is 6.67. The maximum atomic E-state index is 9.32. The van der Waals surface area contributed by atoms with E-state index in [-0.39, 0.29) is 6.10 Å². The summed E-state index contributed by atoms with van der Waals surface area (Å²) >= 11 is 0. The predicted molar refractivity (Wildman–Crippen MR) is 68.6 cm³/mol. The van der Waals surface area contributed by atoms with Crippen molar-refractivity contribution in [1.29, 1.82) is 0 Å². The zero-order valence-electron chi connectivity index (χ0n) is 11.2. The van der Waals surface area contributed by atoms with Gasteiger partial charge in [0.15, 0.2) is 0 Å². The minimum absolute atomic E-state index is 0.196. The Labute approximate surface area is 100 Å². The standard InChI is InChI=1S/C13H28N2O/c1-10(2)15-7-5-13(6-8-15)14-11(3)9-12(4)16/h10-14,16H,5-9H2,1-4H3. The number of aliphatic hydroxyl groups excluding tert-OH is 1. The SMILES string of the molecule is CC(O)CC(C)NC1CCN(C(C)C)CC1. The van der Waals surface area contributed by atoms with Gasteiger partial charge in [0, 0.05) is 18.1 Å². The number of rotatable bonds is 5. The molecule has 0 radical (unpaired) electrons. The van der Waals surface area contributed by atoms with Crippen LogP contribution in [0.2, 0.25) is 0 Å². The van der Waals surface area contributed by atoms with E-state index in [2.05, 4.69) is 31.0 Å². The normalized spacial score (nSPS) is 23.6. The van der Waals surface area contributed by atoms with Crippen molar-refractivity contribution in [3.05, 3.63) is 0 Å². The third-order valence-electron chi connectivity index (χ3n) is 3.47. The van der Waals surface area contributed by atoms with Gasteiger partial charge < -0.3 is 15.3 Å². The molecule has 3 heteroatoms. The molecular weight excluding hydrogens is 200 g/mol. The first kappa shape index (κ1) is 13.9. The van der Waals surface area contributed by atoms with Crippen LogP contribution in [0.5, 0.6) is 0 Å². The molecule has 0 aliphatic carbocycles. The second-order valence-corrected chi connectivity index (χ2v) is 5.56. The first-order chi connectivity index (χ1) is 7.49. The molecule has 1 aliphatic heterocycles. The summed E-state index contributed by atoms with van der Waals surface area (Å²) in [6.07, 6.45) is 3.13. The molecule has 0 spiro atoms. The Bertz CT molecular complexity index is 186. The van der Waals surface area contributed by atoms with Crippen molar-refractivity contribution in [2.24, 2.45) is 0 Å². The van der Waals surface area contributed by atoms with E-state index in [0.29, 0.717) is 18.1 Å². The van der Waals surface area contributed by atoms with Crippen LogP contribution in [0.1, 0.15) is 47.0 Å². The van der Waals surface area contributed by atoms with Gasteiger partial charge >= 0.3 is 0 Å². The van der Waals surface area contributed by atoms with Gasteiger partial charge in [-0.05, 0) is 60.0 Å². The number of piperidine rings is 1. The second kappa shape index (κ2) is 6.58. The Morgan fingerprint density at radius 3 is 2.19 bits per heavy atom. The molecule has 0 bridgehead atoms. The van der Waals surface area contributed by atoms with Crippen LogP contribution in [-0.2, 0) is 0 Å². The highest BCUT2D eigenvalue weighted by molar-refractivity contribution is 4.81. The maximum Gasteiger partial charge on any atom is 0.0526 e. The van der Waals surface area contributed by atoms with Crippen molar-refractivity contribution in [2.45, 2.75) is 71.2 Å². The molecule has 1 rings (SSSR count). The summed E-state index contributed by atoms with van der Waals surface area (Å²) in [6.45, 7) is 11.0. The molecule has 2 unspecified atom stereocenters. The van der Waals surface area contributed by atoms with E-state index in [0.717, 1.165) is 6.42 Å². The van der Waals surface area contributed by atoms with Gasteiger partial charge in [-0.3, -0.25) is 0 Å². The molecule has 2 atom stereocenters. The lowest BCUT2D eigenvalue weighted by molar-refractivity contribution is 0.141. The highest BCUT2D eigenvalue weighted by atomic mass is 16.3. The smallest absolute Gasteiger partial charge is 0.0526 e. The lowest BCUT2D eigenvalue weighted by atomic mass is 10.0. The van der Waals surface area contributed by atoms with E-state index in [1.54, 1.807) is 0 Å². The largest absolute Gasteiger partial charge is 0.393 e. The van der Waals surface area contributed by atoms with Gasteiger partial charge in [0.05, 0.1) is 6.10 Å². The number of likely N-dealkylation sites (tertiary alicyclic amines) is 1. The molecule has 1 aliphatic rings. The van der Waals surface area contributed by atoms with E-state index in [1.165, 1.54) is 25.9 Å². The summed E-state index contributed by atoms with van der Waals surface area (Å²) < 4.78 is 0. The van der Waals surface area contributed by atoms with Crippen molar-refractivity contribution >= 4 is 0 Å². The third-order valence-corrected chi connectivity index (χ3v) is 3.47. The van der Waals surface area contributed by atoms with Crippen LogP contribution in [0, 0.1) is 0 Å². The topological polar surface area (TPSA) is 35.5 Å². The van der Waals surface area contributed by atoms with E-state index in [9.17, 15) is 5.11 Å². The maximum absolute atomic E-state index is 9.32. The number of nitrogens with zero attached hydrogens (tertiary/aromatic N) is 1. The van der Waals surface area contributed by atoms with Crippen molar-refractivity contribution in [1.82, 2.24) is 10.2 Å². The number of hydrogen-bond donors (Lipinski definition) is 2. The summed E-state index contributed by atoms with van der Waals surface area (Å²) in [7, 11) is 0. The number of hydrogen-bond acceptors (Lipinski definition) is 3. The average molecular weight is 228 g/mol. The van der Waals surface area contributed by atoms with Crippen LogP contribution in [0.3, 0.4) is 0 Å². The van der Waals surface area contributed by atoms with Gasteiger partial charge in [-0.2, -0.15) is 0 Å². The molecule has 0 amide bonds. The Hall–Kier alpha value is -0.120. The van der Waals surface area contributed by atoms with E-state index in [1.807, 2.05) is 6.92 Å². The fourth-order valence-corrected chi connectivity index (χ4v) is 2.56. The van der Waals surface area contributed by atoms with Crippen molar-refractivity contribution in [3.63, 3.8) is 0 Å². The van der Waals surface area contributed by atoms with Crippen LogP contribution in [0.15, 0.2) is 0 Å². The fraction of sp³-hybridized carbons (Fsp3) is 1.00. The second-order valence-electron chi connectivity index (χ2n) is 5.56. The minimum atomic E-state index is -0.196. The van der Waals surface area contributed by atoms with Crippen molar-refractivity contribution < 1.29 is 5.11 Å². The summed E-state index contributed by atoms with van der Waals surface area (Å²) in [5.74, 6) is 0. The van der Waals surface area contributed by atoms with E-state index in [4.69, 9.17) is 0 Å². The summed E-state index contributed by atoms with van der Waals surface area (Å²) in [5.41, 5.74) is 0. The van der Waals surface area contributed by atoms with Crippen molar-refractivity contribution in [2.75, 3.05) is 13.1 Å². The summed E-state index contributed by atoms with van der Waals surface area (Å²) in [6, 6.07) is 1.75. The molecule has 0 aromatic heterocycles. The van der Waals surface area contributed by atoms with Gasteiger partial charge in [-0.15, -0.1) is 0 Å². The fourth-order valence-electron chi connectivity index (χ4n) is 2.56. The molecule has 96 valence electrons. The van der Waals surface area contributed by atoms with Gasteiger partial charge in [-0.25, -0.2) is 0 Å². The first-order valence-electron chi connectivity index (χ1n) is 6.67. The number of aliphatic hydroxyl groups is 1. The quantitative estimate of drug-likeness (QED) is 0.750. The Morgan fingerprint density at radius 2 is 1.75 bits per heavy atom. The molecule has 1 fully saturated rings. The highest BCUT2D eigenvalue weighted by Crippen LogP contribution is 2.14. The van der Waals surface area contributed by atoms with E-state index >= 15 is 0 Å². The molecular formula is C13H28N2O. The Morgan fingerprint density at radius 1 is 1.19 bits per heavy atom. The zero-order chi connectivity index (χ0) is 12.1. The lowest BCUT2D eigenvalue weighted by Gasteiger charge is -2.36. The molecule has 1 heterocycles. The Kier molecular flexibility index (Phi) is 5.73. The molecule has 16 heavy (non-hydrogen) atoms. The van der Waals surface area contributed by atoms with Gasteiger partial charge in [0.2, 0.25) is 0 Å². The van der Waals surface area contributed by atoms with E-state index < -0.39 is 0 Å². The molecule has 2 N–H and O–H groups in total. The molecule has 1 saturated heterocycles. The van der Waals surface area contributed by atoms with Crippen LogP contribution in [0.25, 0.3) is 0 Å². The van der Waals surface area contributed by atoms with Gasteiger partial charge in [-0.1, -0.05) is 0 Å². The zero-order valence-corrected chi connectivity index (χ0v) is 11.2. The van der Waals surface area contributed by atoms with Gasteiger partial charge in [0.1, 0.15) is 0 Å². The third kappa shape index (κ3) is 4.81. The van der Waals surface area contributed by atoms with Crippen LogP contribution >= 0.6 is 0 Å². The Balaban J connectivity index is 2.21. The van der Waals surface area contributed by atoms with Crippen LogP contribution in [-0.4, -0.2) is 47.3 Å². The lowest BCUT2D eigenvalue weighted by Crippen LogP contribution is -2.47. The summed E-state index contributed by atoms with van der Waals surface area (Å²) in [5, 5.41) is 12.9.